The van der Waals surface area contributed by atoms with Crippen molar-refractivity contribution in [2.24, 2.45) is 0 Å². The first-order chi connectivity index (χ1) is 18.1. The van der Waals surface area contributed by atoms with Gasteiger partial charge in [-0.25, -0.2) is 0 Å². The number of unbranched alkanes of at least 4 members (excludes halogenated alkanes) is 6. The molecule has 20 rings (SSSR count). The second-order valence-electron chi connectivity index (χ2n) is 24.5. The predicted octanol–water partition coefficient (Wildman–Crippen LogP) is 13.0. The zero-order valence-corrected chi connectivity index (χ0v) is 26.6. The molecule has 0 radical (unpaired) electrons. The molecule has 212 valence electrons. The van der Waals surface area contributed by atoms with E-state index < -0.39 is 13.0 Å². The van der Waals surface area contributed by atoms with E-state index in [2.05, 4.69) is 27.7 Å². The van der Waals surface area contributed by atoms with Crippen LogP contribution in [0.3, 0.4) is 0 Å². The molecule has 0 aromatic heterocycles. The quantitative estimate of drug-likeness (QED) is 0.155. The molecule has 0 saturated carbocycles. The van der Waals surface area contributed by atoms with Crippen LogP contribution >= 0.6 is 0 Å². The van der Waals surface area contributed by atoms with Crippen LogP contribution in [0.2, 0.25) is 94.3 Å². The minimum absolute atomic E-state index is 1.18. The van der Waals surface area contributed by atoms with Crippen LogP contribution in [0.1, 0.15) is 105 Å². The first-order valence-corrected chi connectivity index (χ1v) is 30.9. The molecule has 0 aromatic rings. The fraction of sp³-hybridized carbons (Fsp3) is 1.00. The monoisotopic (exact) mass is 596 g/mol. The van der Waals surface area contributed by atoms with Crippen molar-refractivity contribution < 1.29 is 13.0 Å². The van der Waals surface area contributed by atoms with Gasteiger partial charge in [0.1, 0.15) is 0 Å². The van der Waals surface area contributed by atoms with E-state index in [1.807, 2.05) is 0 Å². The summed E-state index contributed by atoms with van der Waals surface area (Å²) in [5, 5.41) is 0. The molecule has 20 fully saturated rings. The molecule has 20 saturated heterocycles. The van der Waals surface area contributed by atoms with Crippen molar-refractivity contribution in [2.45, 2.75) is 199 Å². The van der Waals surface area contributed by atoms with Gasteiger partial charge in [0.25, 0.3) is 0 Å². The van der Waals surface area contributed by atoms with Crippen LogP contribution in [0.25, 0.3) is 0 Å². The summed E-state index contributed by atoms with van der Waals surface area (Å²) < 4.78 is 4.77. The van der Waals surface area contributed by atoms with Crippen LogP contribution in [-0.4, -0.2) is 0 Å². The van der Waals surface area contributed by atoms with E-state index >= 15 is 0 Å². The summed E-state index contributed by atoms with van der Waals surface area (Å²) in [5.41, 5.74) is 0. The maximum absolute atomic E-state index is 2.92. The topological polar surface area (TPSA) is 0 Å². The molecule has 20 aliphatic rings. The van der Waals surface area contributed by atoms with Gasteiger partial charge in [0, 0.05) is 0 Å². The third-order valence-corrected chi connectivity index (χ3v) is 123. The number of hydrogen-bond donors (Lipinski definition) is 0. The Kier molecular flexibility index (Phi) is 0.778. The third kappa shape index (κ3) is 0.214. The van der Waals surface area contributed by atoms with Crippen LogP contribution < -0.4 is 0 Å². The van der Waals surface area contributed by atoms with Crippen molar-refractivity contribution in [1.29, 1.82) is 0 Å². The molecule has 20 aliphatic heterocycles. The maximum atomic E-state index is 2.61. The molecular weight excluding hydrogens is 544 g/mol. The summed E-state index contributed by atoms with van der Waals surface area (Å²) >= 11 is 0. The van der Waals surface area contributed by atoms with E-state index in [1.165, 1.54) is 120 Å². The SMILES string of the molecule is CCCCCC[C]12[CH]3[CH]4[CH]5[CH]1[Fe]45321678[CH]2[CH]1[CH]6[C]7(CCCCCC)[CH]28.CC[C]12[CH]3[CH]4[CH]5[C]1(CC)[Fe]43521678[CH]2[CH]1[CH]6[CH]7[CH]28. The van der Waals surface area contributed by atoms with Crippen LogP contribution in [-0.2, 0) is 13.0 Å². The van der Waals surface area contributed by atoms with Crippen molar-refractivity contribution in [2.75, 3.05) is 0 Å². The molecule has 0 amide bonds. The molecule has 12 atom stereocenters. The average molecular weight is 597 g/mol. The van der Waals surface area contributed by atoms with E-state index in [9.17, 15) is 0 Å². The molecule has 12 unspecified atom stereocenters. The Morgan fingerprint density at radius 2 is 0.789 bits per heavy atom. The standard InChI is InChI=1S/2C11H17.C9H13.C5H5.2Fe/c2*1-2-3-4-5-8-11-9-6-7-10-11;1-3-8-6-5-7-9(8)4-2;1-2-4-5-3-1;;/h2*6-7,9-10H,2-5,8H2,1H3;5-7H,3-4H2,1-2H3;1-5H;;. The van der Waals surface area contributed by atoms with Crippen molar-refractivity contribution in [1.82, 2.24) is 0 Å². The summed E-state index contributed by atoms with van der Waals surface area (Å²) in [6, 6.07) is 0. The summed E-state index contributed by atoms with van der Waals surface area (Å²) in [6.45, 7) is 4.35. The van der Waals surface area contributed by atoms with Gasteiger partial charge in [-0.05, 0) is 0 Å². The summed E-state index contributed by atoms with van der Waals surface area (Å²) in [6.07, 6.45) is 19.3. The molecule has 2 heteroatoms. The molecule has 0 N–H and O–H groups in total. The molecule has 38 heavy (non-hydrogen) atoms. The molecular formula is C36H52Fe2. The van der Waals surface area contributed by atoms with Crippen molar-refractivity contribution in [3.8, 4) is 0 Å². The van der Waals surface area contributed by atoms with Crippen LogP contribution in [0.5, 0.6) is 0 Å². The van der Waals surface area contributed by atoms with E-state index in [0.29, 0.717) is 0 Å². The Labute approximate surface area is 210 Å². The first kappa shape index (κ1) is 17.4. The molecule has 0 aliphatic carbocycles. The van der Waals surface area contributed by atoms with Crippen LogP contribution in [0, 0.1) is 0 Å². The van der Waals surface area contributed by atoms with Crippen LogP contribution in [0.4, 0.5) is 0 Å². The Bertz CT molecular complexity index is 2160. The Morgan fingerprint density at radius 3 is 1.03 bits per heavy atom. The van der Waals surface area contributed by atoms with E-state index in [1.54, 1.807) is 51.4 Å². The van der Waals surface area contributed by atoms with Crippen molar-refractivity contribution >= 4 is 0 Å². The second kappa shape index (κ2) is 1.70. The minimum atomic E-state index is -2.92. The zero-order chi connectivity index (χ0) is 24.4. The molecule has 0 aromatic carbocycles. The van der Waals surface area contributed by atoms with Crippen LogP contribution in [0.15, 0.2) is 0 Å². The summed E-state index contributed by atoms with van der Waals surface area (Å²) in [5.74, 6) is 0. The summed E-state index contributed by atoms with van der Waals surface area (Å²) in [7, 11) is 0. The molecule has 2 spiro atoms. The van der Waals surface area contributed by atoms with Crippen molar-refractivity contribution in [3.05, 3.63) is 0 Å². The van der Waals surface area contributed by atoms with Gasteiger partial charge >= 0.3 is 212 Å². The molecule has 0 nitrogen and oxygen atoms in total. The number of fused-ring (bicyclic) bond motifs is 20. The van der Waals surface area contributed by atoms with Gasteiger partial charge < -0.3 is 0 Å². The zero-order valence-electron chi connectivity index (χ0n) is 24.4. The Morgan fingerprint density at radius 1 is 0.395 bits per heavy atom. The predicted molar refractivity (Wildman–Crippen MR) is 149 cm³/mol. The summed E-state index contributed by atoms with van der Waals surface area (Å²) in [4.78, 5) is 24.5. The van der Waals surface area contributed by atoms with E-state index in [4.69, 9.17) is 0 Å². The van der Waals surface area contributed by atoms with Gasteiger partial charge in [-0.2, -0.15) is 0 Å². The first-order valence-electron chi connectivity index (χ1n) is 18.5. The fourth-order valence-corrected chi connectivity index (χ4v) is 198. The fourth-order valence-electron chi connectivity index (χ4n) is 40.1. The Hall–Kier alpha value is 1.04. The van der Waals surface area contributed by atoms with Gasteiger partial charge in [-0.15, -0.1) is 0 Å². The third-order valence-electron chi connectivity index (χ3n) is 34.8. The van der Waals surface area contributed by atoms with Crippen molar-refractivity contribution in [3.63, 3.8) is 0 Å². The van der Waals surface area contributed by atoms with Gasteiger partial charge in [0.05, 0.1) is 0 Å². The van der Waals surface area contributed by atoms with Gasteiger partial charge in [-0.3, -0.25) is 0 Å². The normalized spacial score (nSPS) is 112. The van der Waals surface area contributed by atoms with E-state index in [0.717, 1.165) is 0 Å². The van der Waals surface area contributed by atoms with Gasteiger partial charge in [0.15, 0.2) is 0 Å². The Balaban J connectivity index is 0.0000000890. The van der Waals surface area contributed by atoms with Gasteiger partial charge in [0.2, 0.25) is 0 Å². The van der Waals surface area contributed by atoms with Gasteiger partial charge in [-0.1, -0.05) is 0 Å². The molecule has 20 heterocycles. The number of hydrogen-bond acceptors (Lipinski definition) is 0. The average Bonchev–Trinajstić information content (AvgIpc) is 3.79. The van der Waals surface area contributed by atoms with E-state index in [-0.39, 0.29) is 0 Å². The second-order valence-corrected chi connectivity index (χ2v) is 71.3. The molecule has 0 bridgehead atoms. The number of rotatable bonds is 12.